The average Bonchev–Trinajstić information content (AvgIpc) is 2.86. The number of carbonyl (C=O) groups is 4. The summed E-state index contributed by atoms with van der Waals surface area (Å²) in [6.45, 7) is 3.37. The van der Waals surface area contributed by atoms with Crippen molar-refractivity contribution < 1.29 is 19.2 Å². The molecule has 2 aromatic heterocycles. The van der Waals surface area contributed by atoms with Crippen LogP contribution in [-0.4, -0.2) is 53.2 Å². The highest BCUT2D eigenvalue weighted by molar-refractivity contribution is 5.96. The van der Waals surface area contributed by atoms with E-state index in [4.69, 9.17) is 5.73 Å². The number of nitrogens with one attached hydrogen (secondary N) is 3. The quantitative estimate of drug-likeness (QED) is 0.436. The number of amides is 4. The molecule has 2 aromatic rings. The first kappa shape index (κ1) is 24.8. The van der Waals surface area contributed by atoms with Crippen molar-refractivity contribution in [2.24, 2.45) is 17.6 Å². The fourth-order valence-electron chi connectivity index (χ4n) is 3.93. The number of rotatable bonds is 9. The van der Waals surface area contributed by atoms with E-state index >= 15 is 0 Å². The Bertz CT molecular complexity index is 1050. The van der Waals surface area contributed by atoms with Gasteiger partial charge in [0.25, 0.3) is 23.6 Å². The summed E-state index contributed by atoms with van der Waals surface area (Å²) >= 11 is 0. The molecule has 10 heteroatoms. The number of nitrogens with zero attached hydrogens (tertiary/aromatic N) is 2. The monoisotopic (exact) mass is 466 g/mol. The third kappa shape index (κ3) is 6.84. The molecule has 1 aliphatic carbocycles. The normalized spacial score (nSPS) is 17.4. The van der Waals surface area contributed by atoms with Gasteiger partial charge in [-0.05, 0) is 68.7 Å². The van der Waals surface area contributed by atoms with Crippen molar-refractivity contribution in [1.82, 2.24) is 25.9 Å². The van der Waals surface area contributed by atoms with E-state index < -0.39 is 5.91 Å². The minimum absolute atomic E-state index is 0.0568. The second-order valence-corrected chi connectivity index (χ2v) is 8.35. The molecule has 1 saturated carbocycles. The van der Waals surface area contributed by atoms with Crippen LogP contribution in [-0.2, 0) is 0 Å². The van der Waals surface area contributed by atoms with Gasteiger partial charge in [0.05, 0.1) is 0 Å². The van der Waals surface area contributed by atoms with Gasteiger partial charge < -0.3 is 21.7 Å². The molecule has 4 amide bonds. The lowest BCUT2D eigenvalue weighted by molar-refractivity contribution is 0.0915. The van der Waals surface area contributed by atoms with Crippen LogP contribution in [0.1, 0.15) is 74.6 Å². The van der Waals surface area contributed by atoms with Gasteiger partial charge >= 0.3 is 0 Å². The van der Waals surface area contributed by atoms with Crippen molar-refractivity contribution in [1.29, 1.82) is 0 Å². The lowest BCUT2D eigenvalue weighted by atomic mass is 9.82. The Balaban J connectivity index is 1.41. The molecule has 180 valence electrons. The van der Waals surface area contributed by atoms with Crippen molar-refractivity contribution in [2.75, 3.05) is 19.6 Å². The minimum Gasteiger partial charge on any atom is -0.364 e. The molecular weight excluding hydrogens is 436 g/mol. The van der Waals surface area contributed by atoms with Gasteiger partial charge in [0.2, 0.25) is 0 Å². The highest BCUT2D eigenvalue weighted by Gasteiger charge is 2.23. The molecule has 1 fully saturated rings. The molecule has 0 bridgehead atoms. The topological polar surface area (TPSA) is 156 Å². The first-order valence-electron chi connectivity index (χ1n) is 11.5. The second kappa shape index (κ2) is 11.9. The molecule has 0 atom stereocenters. The fraction of sp³-hybridized carbons (Fsp3) is 0.417. The third-order valence-corrected chi connectivity index (χ3v) is 5.85. The number of aromatic nitrogens is 2. The molecule has 0 radical (unpaired) electrons. The van der Waals surface area contributed by atoms with Crippen LogP contribution < -0.4 is 21.7 Å². The maximum Gasteiger partial charge on any atom is 0.269 e. The molecule has 3 rings (SSSR count). The van der Waals surface area contributed by atoms with Crippen molar-refractivity contribution in [3.63, 3.8) is 0 Å². The van der Waals surface area contributed by atoms with E-state index in [0.29, 0.717) is 31.5 Å². The van der Waals surface area contributed by atoms with Crippen LogP contribution in [0.25, 0.3) is 0 Å². The zero-order chi connectivity index (χ0) is 24.5. The highest BCUT2D eigenvalue weighted by Crippen LogP contribution is 2.28. The zero-order valence-electron chi connectivity index (χ0n) is 19.2. The van der Waals surface area contributed by atoms with Crippen LogP contribution >= 0.6 is 0 Å². The van der Waals surface area contributed by atoms with Gasteiger partial charge in [0.1, 0.15) is 22.8 Å². The van der Waals surface area contributed by atoms with E-state index in [2.05, 4.69) is 25.9 Å². The molecule has 0 spiro atoms. The maximum absolute atomic E-state index is 12.5. The van der Waals surface area contributed by atoms with E-state index in [1.165, 1.54) is 6.07 Å². The molecular formula is C24H30N6O4. The van der Waals surface area contributed by atoms with Crippen LogP contribution in [0.5, 0.6) is 0 Å². The van der Waals surface area contributed by atoms with Crippen molar-refractivity contribution in [3.05, 3.63) is 59.2 Å². The van der Waals surface area contributed by atoms with E-state index in [9.17, 15) is 19.2 Å². The summed E-state index contributed by atoms with van der Waals surface area (Å²) in [5.41, 5.74) is 5.87. The predicted molar refractivity (Wildman–Crippen MR) is 125 cm³/mol. The van der Waals surface area contributed by atoms with Crippen molar-refractivity contribution in [2.45, 2.75) is 32.6 Å². The number of carbonyl (C=O) groups excluding carboxylic acids is 4. The summed E-state index contributed by atoms with van der Waals surface area (Å²) < 4.78 is 0. The number of hydrogen-bond acceptors (Lipinski definition) is 6. The summed E-state index contributed by atoms with van der Waals surface area (Å²) in [4.78, 5) is 56.1. The van der Waals surface area contributed by atoms with Gasteiger partial charge in [-0.1, -0.05) is 12.1 Å². The van der Waals surface area contributed by atoms with Crippen LogP contribution in [0, 0.1) is 11.8 Å². The van der Waals surface area contributed by atoms with Gasteiger partial charge in [0, 0.05) is 19.6 Å². The van der Waals surface area contributed by atoms with Crippen LogP contribution in [0.4, 0.5) is 0 Å². The summed E-state index contributed by atoms with van der Waals surface area (Å²) in [6.07, 6.45) is 3.73. The predicted octanol–water partition coefficient (Wildman–Crippen LogP) is 1.29. The van der Waals surface area contributed by atoms with E-state index in [1.807, 2.05) is 6.92 Å². The van der Waals surface area contributed by atoms with Gasteiger partial charge in [0.15, 0.2) is 0 Å². The first-order chi connectivity index (χ1) is 16.4. The van der Waals surface area contributed by atoms with Crippen molar-refractivity contribution >= 4 is 23.6 Å². The zero-order valence-corrected chi connectivity index (χ0v) is 19.2. The third-order valence-electron chi connectivity index (χ3n) is 5.85. The minimum atomic E-state index is -0.675. The number of hydrogen-bond donors (Lipinski definition) is 4. The standard InChI is InChI=1S/C24H30N6O4/c1-2-26-22(32)18-7-4-8-20(30-18)24(34)28-14-16-11-9-15(10-12-16)13-27-23(33)19-6-3-5-17(29-19)21(25)31/h3-8,15-16H,2,9-14H2,1H3,(H2,25,31)(H,26,32)(H,27,33)(H,28,34). The molecule has 0 saturated heterocycles. The molecule has 10 nitrogen and oxygen atoms in total. The van der Waals surface area contributed by atoms with Crippen LogP contribution in [0.15, 0.2) is 36.4 Å². The van der Waals surface area contributed by atoms with Gasteiger partial charge in [-0.3, -0.25) is 19.2 Å². The number of nitrogens with two attached hydrogens (primary N) is 1. The summed E-state index contributed by atoms with van der Waals surface area (Å²) in [5.74, 6) is -0.933. The van der Waals surface area contributed by atoms with Gasteiger partial charge in [-0.2, -0.15) is 0 Å². The molecule has 0 aliphatic heterocycles. The molecule has 2 heterocycles. The Kier molecular flexibility index (Phi) is 8.66. The molecule has 0 unspecified atom stereocenters. The molecule has 34 heavy (non-hydrogen) atoms. The first-order valence-corrected chi connectivity index (χ1v) is 11.5. The van der Waals surface area contributed by atoms with Gasteiger partial charge in [-0.15, -0.1) is 0 Å². The van der Waals surface area contributed by atoms with Crippen LogP contribution in [0.3, 0.4) is 0 Å². The molecule has 5 N–H and O–H groups in total. The lowest BCUT2D eigenvalue weighted by Crippen LogP contribution is -2.35. The fourth-order valence-corrected chi connectivity index (χ4v) is 3.93. The largest absolute Gasteiger partial charge is 0.364 e. The van der Waals surface area contributed by atoms with E-state index in [1.54, 1.807) is 30.3 Å². The smallest absolute Gasteiger partial charge is 0.269 e. The van der Waals surface area contributed by atoms with E-state index in [0.717, 1.165) is 25.7 Å². The SMILES string of the molecule is CCNC(=O)c1cccc(C(=O)NCC2CCC(CNC(=O)c3cccc(C(N)=O)n3)CC2)n1. The Morgan fingerprint density at radius 3 is 1.53 bits per heavy atom. The molecule has 1 aliphatic rings. The Morgan fingerprint density at radius 1 is 0.735 bits per heavy atom. The second-order valence-electron chi connectivity index (χ2n) is 8.35. The Hall–Kier alpha value is -3.82. The Morgan fingerprint density at radius 2 is 1.12 bits per heavy atom. The average molecular weight is 467 g/mol. The van der Waals surface area contributed by atoms with E-state index in [-0.39, 0.29) is 40.5 Å². The Labute approximate surface area is 198 Å². The lowest BCUT2D eigenvalue weighted by Gasteiger charge is -2.28. The summed E-state index contributed by atoms with van der Waals surface area (Å²) in [7, 11) is 0. The number of primary amides is 1. The summed E-state index contributed by atoms with van der Waals surface area (Å²) in [5, 5.41) is 8.47. The van der Waals surface area contributed by atoms with Crippen molar-refractivity contribution in [3.8, 4) is 0 Å². The van der Waals surface area contributed by atoms with Gasteiger partial charge in [-0.25, -0.2) is 9.97 Å². The maximum atomic E-state index is 12.5. The van der Waals surface area contributed by atoms with Crippen LogP contribution in [0.2, 0.25) is 0 Å². The summed E-state index contributed by atoms with van der Waals surface area (Å²) in [6, 6.07) is 9.40. The number of pyridine rings is 2. The molecule has 0 aromatic carbocycles. The highest BCUT2D eigenvalue weighted by atomic mass is 16.2.